The van der Waals surface area contributed by atoms with Crippen LogP contribution in [0.15, 0.2) is 17.2 Å². The van der Waals surface area contributed by atoms with Crippen LogP contribution in [0.4, 0.5) is 0 Å². The summed E-state index contributed by atoms with van der Waals surface area (Å²) in [4.78, 5) is 11.3. The molecule has 4 fully saturated rings. The van der Waals surface area contributed by atoms with Crippen LogP contribution in [0.2, 0.25) is 0 Å². The maximum absolute atomic E-state index is 11.3. The first-order valence-corrected chi connectivity index (χ1v) is 13.1. The van der Waals surface area contributed by atoms with E-state index in [1.54, 1.807) is 5.57 Å². The highest BCUT2D eigenvalue weighted by molar-refractivity contribution is 5.94. The summed E-state index contributed by atoms with van der Waals surface area (Å²) in [6, 6.07) is 0.704. The van der Waals surface area contributed by atoms with E-state index >= 15 is 0 Å². The Morgan fingerprint density at radius 2 is 1.91 bits per heavy atom. The molecule has 0 spiro atoms. The van der Waals surface area contributed by atoms with Crippen LogP contribution in [0.5, 0.6) is 0 Å². The molecule has 178 valence electrons. The molecular weight excluding hydrogens is 394 g/mol. The van der Waals surface area contributed by atoms with Gasteiger partial charge in [0.05, 0.1) is 0 Å². The number of allylic oxidation sites excluding steroid dienone is 3. The zero-order valence-electron chi connectivity index (χ0n) is 21.0. The highest BCUT2D eigenvalue weighted by atomic mass is 16.1. The van der Waals surface area contributed by atoms with Gasteiger partial charge >= 0.3 is 0 Å². The Bertz CT molecular complexity index is 803. The summed E-state index contributed by atoms with van der Waals surface area (Å²) in [6.45, 7) is 13.6. The molecule has 1 heterocycles. The molecule has 0 bridgehead atoms. The van der Waals surface area contributed by atoms with Crippen LogP contribution in [0.25, 0.3) is 0 Å². The standard InChI is InChI=1S/C22H31NO.C6H14N2/c1-14(13-24)18-6-7-19-17-5-4-15-12-16(23)8-10-21(15,2)20(17)9-11-22(18,19)3;1-5(2)6-3-7-4-8-6/h12,17-20,23H,4-11H2,1-3H3;5-8H,3-4H2,1-2H3. The molecule has 0 aromatic carbocycles. The highest BCUT2D eigenvalue weighted by Crippen LogP contribution is 2.67. The van der Waals surface area contributed by atoms with Crippen molar-refractivity contribution in [1.29, 1.82) is 5.41 Å². The molecule has 5 rings (SSSR count). The van der Waals surface area contributed by atoms with Gasteiger partial charge in [0, 0.05) is 30.5 Å². The molecule has 3 N–H and O–H groups in total. The molecule has 1 saturated heterocycles. The second kappa shape index (κ2) is 9.20. The molecule has 32 heavy (non-hydrogen) atoms. The van der Waals surface area contributed by atoms with E-state index in [0.29, 0.717) is 22.8 Å². The zero-order chi connectivity index (χ0) is 23.1. The lowest BCUT2D eigenvalue weighted by atomic mass is 9.46. The van der Waals surface area contributed by atoms with Gasteiger partial charge in [-0.05, 0) is 105 Å². The second-order valence-corrected chi connectivity index (χ2v) is 12.2. The van der Waals surface area contributed by atoms with E-state index in [0.717, 1.165) is 54.6 Å². The van der Waals surface area contributed by atoms with Crippen LogP contribution in [-0.4, -0.2) is 30.9 Å². The van der Waals surface area contributed by atoms with Crippen molar-refractivity contribution in [2.45, 2.75) is 92.0 Å². The minimum atomic E-state index is 0.321. The van der Waals surface area contributed by atoms with Gasteiger partial charge in [0.15, 0.2) is 0 Å². The van der Waals surface area contributed by atoms with Crippen LogP contribution in [0.3, 0.4) is 0 Å². The average Bonchev–Trinajstić information content (AvgIpc) is 3.42. The molecule has 7 unspecified atom stereocenters. The number of hydrogen-bond acceptors (Lipinski definition) is 4. The summed E-state index contributed by atoms with van der Waals surface area (Å²) in [6.07, 6.45) is 11.9. The first kappa shape index (κ1) is 23.9. The van der Waals surface area contributed by atoms with Crippen LogP contribution >= 0.6 is 0 Å². The maximum atomic E-state index is 11.3. The van der Waals surface area contributed by atoms with E-state index in [1.807, 2.05) is 6.92 Å². The molecule has 0 aromatic heterocycles. The minimum absolute atomic E-state index is 0.321. The van der Waals surface area contributed by atoms with E-state index in [-0.39, 0.29) is 0 Å². The Balaban J connectivity index is 0.000000260. The van der Waals surface area contributed by atoms with Crippen molar-refractivity contribution in [3.8, 4) is 0 Å². The van der Waals surface area contributed by atoms with Crippen LogP contribution in [-0.2, 0) is 4.79 Å². The Kier molecular flexibility index (Phi) is 6.88. The number of fused-ring (bicyclic) bond motifs is 5. The smallest absolute Gasteiger partial charge is 0.123 e. The van der Waals surface area contributed by atoms with Gasteiger partial charge in [0.1, 0.15) is 5.94 Å². The largest absolute Gasteiger partial charge is 0.305 e. The summed E-state index contributed by atoms with van der Waals surface area (Å²) in [5, 5.41) is 14.6. The van der Waals surface area contributed by atoms with Crippen molar-refractivity contribution in [2.24, 2.45) is 40.4 Å². The van der Waals surface area contributed by atoms with Gasteiger partial charge < -0.3 is 16.0 Å². The third-order valence-electron chi connectivity index (χ3n) is 10.3. The summed E-state index contributed by atoms with van der Waals surface area (Å²) in [5.74, 6) is 5.86. The average molecular weight is 440 g/mol. The maximum Gasteiger partial charge on any atom is 0.123 e. The molecule has 0 aromatic rings. The van der Waals surface area contributed by atoms with E-state index < -0.39 is 0 Å². The first-order chi connectivity index (χ1) is 15.2. The zero-order valence-corrected chi connectivity index (χ0v) is 21.0. The van der Waals surface area contributed by atoms with Crippen molar-refractivity contribution in [2.75, 3.05) is 13.2 Å². The minimum Gasteiger partial charge on any atom is -0.305 e. The molecule has 4 heteroatoms. The first-order valence-electron chi connectivity index (χ1n) is 13.1. The van der Waals surface area contributed by atoms with E-state index in [1.165, 1.54) is 44.9 Å². The fraction of sp³-hybridized carbons (Fsp3) is 0.821. The molecule has 5 aliphatic rings. The van der Waals surface area contributed by atoms with Crippen LogP contribution < -0.4 is 10.6 Å². The predicted molar refractivity (Wildman–Crippen MR) is 132 cm³/mol. The molecule has 7 atom stereocenters. The van der Waals surface area contributed by atoms with Gasteiger partial charge in [0.25, 0.3) is 0 Å². The highest BCUT2D eigenvalue weighted by Gasteiger charge is 2.59. The normalized spacial score (nSPS) is 42.8. The number of carbonyl (C=O) groups excluding carboxylic acids is 1. The van der Waals surface area contributed by atoms with Crippen molar-refractivity contribution in [3.63, 3.8) is 0 Å². The lowest BCUT2D eigenvalue weighted by Crippen LogP contribution is -2.50. The molecule has 4 nitrogen and oxygen atoms in total. The van der Waals surface area contributed by atoms with E-state index in [4.69, 9.17) is 5.41 Å². The third kappa shape index (κ3) is 4.08. The molecule has 3 saturated carbocycles. The SMILES string of the molecule is CC(=C=O)C1CCC2C3CCC4=CC(=N)CCC4(C)C3CCC12C.CC(C)C1CNCN1. The van der Waals surface area contributed by atoms with E-state index in [9.17, 15) is 4.79 Å². The van der Waals surface area contributed by atoms with Crippen LogP contribution in [0.1, 0.15) is 86.0 Å². The van der Waals surface area contributed by atoms with Crippen molar-refractivity contribution in [3.05, 3.63) is 17.2 Å². The second-order valence-electron chi connectivity index (χ2n) is 12.2. The summed E-state index contributed by atoms with van der Waals surface area (Å²) < 4.78 is 0. The lowest BCUT2D eigenvalue weighted by molar-refractivity contribution is -0.0440. The Labute approximate surface area is 195 Å². The lowest BCUT2D eigenvalue weighted by Gasteiger charge is -2.58. The quantitative estimate of drug-likeness (QED) is 0.496. The Hall–Kier alpha value is -1.22. The fourth-order valence-corrected chi connectivity index (χ4v) is 8.34. The molecule has 0 radical (unpaired) electrons. The predicted octanol–water partition coefficient (Wildman–Crippen LogP) is 5.52. The molecule has 1 aliphatic heterocycles. The van der Waals surface area contributed by atoms with Crippen molar-refractivity contribution >= 4 is 11.7 Å². The molecule has 0 amide bonds. The molecule has 4 aliphatic carbocycles. The fourth-order valence-electron chi connectivity index (χ4n) is 8.34. The van der Waals surface area contributed by atoms with Crippen molar-refractivity contribution < 1.29 is 4.79 Å². The Morgan fingerprint density at radius 1 is 1.12 bits per heavy atom. The van der Waals surface area contributed by atoms with E-state index in [2.05, 4.69) is 50.3 Å². The van der Waals surface area contributed by atoms with Gasteiger partial charge in [-0.25, -0.2) is 4.79 Å². The van der Waals surface area contributed by atoms with Gasteiger partial charge in [-0.2, -0.15) is 0 Å². The summed E-state index contributed by atoms with van der Waals surface area (Å²) in [5.41, 5.74) is 4.04. The number of rotatable bonds is 2. The summed E-state index contributed by atoms with van der Waals surface area (Å²) in [7, 11) is 0. The summed E-state index contributed by atoms with van der Waals surface area (Å²) >= 11 is 0. The van der Waals surface area contributed by atoms with Gasteiger partial charge in [-0.15, -0.1) is 0 Å². The van der Waals surface area contributed by atoms with Gasteiger partial charge in [-0.1, -0.05) is 33.3 Å². The third-order valence-corrected chi connectivity index (χ3v) is 10.3. The van der Waals surface area contributed by atoms with Gasteiger partial charge in [-0.3, -0.25) is 0 Å². The van der Waals surface area contributed by atoms with Crippen LogP contribution in [0, 0.1) is 45.8 Å². The monoisotopic (exact) mass is 439 g/mol. The van der Waals surface area contributed by atoms with Crippen molar-refractivity contribution in [1.82, 2.24) is 10.6 Å². The van der Waals surface area contributed by atoms with Gasteiger partial charge in [0.2, 0.25) is 0 Å². The molecular formula is C28H45N3O. The number of hydrogen-bond donors (Lipinski definition) is 3. The number of nitrogens with one attached hydrogen (secondary N) is 3. The Morgan fingerprint density at radius 3 is 2.53 bits per heavy atom. The topological polar surface area (TPSA) is 65.0 Å².